The van der Waals surface area contributed by atoms with Crippen molar-refractivity contribution in [2.24, 2.45) is 5.92 Å². The number of methoxy groups -OCH3 is 1. The van der Waals surface area contributed by atoms with Crippen LogP contribution in [0.3, 0.4) is 0 Å². The number of nitrogens with one attached hydrogen (secondary N) is 1. The van der Waals surface area contributed by atoms with Gasteiger partial charge in [-0.1, -0.05) is 47.5 Å². The Balaban J connectivity index is 1.55. The highest BCUT2D eigenvalue weighted by atomic mass is 35.5. The average molecular weight is 438 g/mol. The quantitative estimate of drug-likeness (QED) is 0.626. The largest absolute Gasteiger partial charge is 0.465 e. The molecule has 0 saturated heterocycles. The molecule has 0 radical (unpaired) electrons. The van der Waals surface area contributed by atoms with Gasteiger partial charge >= 0.3 is 5.97 Å². The summed E-state index contributed by atoms with van der Waals surface area (Å²) in [5.74, 6) is 0.958. The first-order chi connectivity index (χ1) is 13.5. The zero-order valence-corrected chi connectivity index (χ0v) is 17.8. The first-order valence-corrected chi connectivity index (χ1v) is 10.9. The standard InChI is InChI=1S/C21H21Cl2NO3S/c1-27-21(26)20-17(23)9-16(22)10-18(20)24-19(25)12-28-11-13-6-7-14-4-2-3-5-15(14)8-13/h2-5,9-10,13H,6-8,11-12H2,1H3,(H,24,25). The van der Waals surface area contributed by atoms with E-state index in [0.717, 1.165) is 25.0 Å². The van der Waals surface area contributed by atoms with Crippen molar-refractivity contribution >= 4 is 52.5 Å². The molecule has 0 saturated carbocycles. The Hall–Kier alpha value is -1.69. The van der Waals surface area contributed by atoms with Crippen LogP contribution in [0, 0.1) is 5.92 Å². The van der Waals surface area contributed by atoms with Crippen molar-refractivity contribution in [1.29, 1.82) is 0 Å². The Morgan fingerprint density at radius 1 is 1.21 bits per heavy atom. The molecule has 1 aliphatic carbocycles. The van der Waals surface area contributed by atoms with Crippen LogP contribution in [0.5, 0.6) is 0 Å². The smallest absolute Gasteiger partial charge is 0.341 e. The van der Waals surface area contributed by atoms with Gasteiger partial charge in [0.2, 0.25) is 5.91 Å². The number of hydrogen-bond donors (Lipinski definition) is 1. The molecule has 0 aliphatic heterocycles. The highest BCUT2D eigenvalue weighted by molar-refractivity contribution is 7.99. The Morgan fingerprint density at radius 3 is 2.71 bits per heavy atom. The number of fused-ring (bicyclic) bond motifs is 1. The van der Waals surface area contributed by atoms with Crippen LogP contribution in [-0.2, 0) is 22.4 Å². The Bertz CT molecular complexity index is 888. The maximum absolute atomic E-state index is 12.4. The van der Waals surface area contributed by atoms with Crippen molar-refractivity contribution < 1.29 is 14.3 Å². The number of esters is 1. The first-order valence-electron chi connectivity index (χ1n) is 8.99. The van der Waals surface area contributed by atoms with Crippen LogP contribution in [0.15, 0.2) is 36.4 Å². The molecule has 1 N–H and O–H groups in total. The van der Waals surface area contributed by atoms with Crippen LogP contribution in [-0.4, -0.2) is 30.5 Å². The van der Waals surface area contributed by atoms with E-state index in [0.29, 0.717) is 16.7 Å². The Labute approximate surface area is 178 Å². The molecule has 1 aliphatic rings. The summed E-state index contributed by atoms with van der Waals surface area (Å²) in [6.07, 6.45) is 3.29. The van der Waals surface area contributed by atoms with Crippen LogP contribution in [0.1, 0.15) is 27.9 Å². The van der Waals surface area contributed by atoms with Crippen molar-refractivity contribution in [1.82, 2.24) is 0 Å². The fourth-order valence-electron chi connectivity index (χ4n) is 3.40. The number of thioether (sulfide) groups is 1. The van der Waals surface area contributed by atoms with Gasteiger partial charge in [-0.3, -0.25) is 4.79 Å². The van der Waals surface area contributed by atoms with Gasteiger partial charge in [-0.05, 0) is 54.2 Å². The zero-order valence-electron chi connectivity index (χ0n) is 15.5. The highest BCUT2D eigenvalue weighted by Gasteiger charge is 2.21. The van der Waals surface area contributed by atoms with Crippen LogP contribution < -0.4 is 5.32 Å². The minimum absolute atomic E-state index is 0.107. The number of halogens is 2. The second-order valence-electron chi connectivity index (χ2n) is 6.74. The predicted octanol–water partition coefficient (Wildman–Crippen LogP) is 5.26. The van der Waals surface area contributed by atoms with Crippen molar-refractivity contribution in [3.63, 3.8) is 0 Å². The lowest BCUT2D eigenvalue weighted by Gasteiger charge is -2.24. The SMILES string of the molecule is COC(=O)c1c(Cl)cc(Cl)cc1NC(=O)CSCC1CCc2ccccc2C1. The third kappa shape index (κ3) is 5.22. The van der Waals surface area contributed by atoms with Crippen molar-refractivity contribution in [3.05, 3.63) is 63.1 Å². The lowest BCUT2D eigenvalue weighted by atomic mass is 9.85. The maximum Gasteiger partial charge on any atom is 0.341 e. The molecule has 0 fully saturated rings. The van der Waals surface area contributed by atoms with Crippen molar-refractivity contribution in [2.75, 3.05) is 23.9 Å². The van der Waals surface area contributed by atoms with Gasteiger partial charge in [-0.2, -0.15) is 11.8 Å². The van der Waals surface area contributed by atoms with E-state index < -0.39 is 5.97 Å². The fraction of sp³-hybridized carbons (Fsp3) is 0.333. The lowest BCUT2D eigenvalue weighted by Crippen LogP contribution is -2.20. The second kappa shape index (κ2) is 9.68. The predicted molar refractivity (Wildman–Crippen MR) is 116 cm³/mol. The molecule has 148 valence electrons. The minimum atomic E-state index is -0.620. The number of amides is 1. The van der Waals surface area contributed by atoms with Crippen LogP contribution in [0.2, 0.25) is 10.0 Å². The van der Waals surface area contributed by atoms with Gasteiger partial charge in [0.15, 0.2) is 0 Å². The molecule has 2 aromatic carbocycles. The summed E-state index contributed by atoms with van der Waals surface area (Å²) in [7, 11) is 1.26. The van der Waals surface area contributed by atoms with E-state index in [1.54, 1.807) is 11.8 Å². The monoisotopic (exact) mass is 437 g/mol. The van der Waals surface area contributed by atoms with Gasteiger partial charge < -0.3 is 10.1 Å². The number of hydrogen-bond acceptors (Lipinski definition) is 4. The summed E-state index contributed by atoms with van der Waals surface area (Å²) < 4.78 is 4.75. The third-order valence-corrected chi connectivity index (χ3v) is 6.44. The molecule has 7 heteroatoms. The average Bonchev–Trinajstić information content (AvgIpc) is 2.67. The van der Waals surface area contributed by atoms with E-state index in [2.05, 4.69) is 29.6 Å². The van der Waals surface area contributed by atoms with E-state index in [1.165, 1.54) is 30.4 Å². The molecule has 28 heavy (non-hydrogen) atoms. The van der Waals surface area contributed by atoms with Gasteiger partial charge in [0.05, 0.1) is 23.6 Å². The van der Waals surface area contributed by atoms with Gasteiger partial charge in [-0.15, -0.1) is 0 Å². The van der Waals surface area contributed by atoms with Crippen molar-refractivity contribution in [2.45, 2.75) is 19.3 Å². The number of benzene rings is 2. The maximum atomic E-state index is 12.4. The van der Waals surface area contributed by atoms with Gasteiger partial charge in [0.25, 0.3) is 0 Å². The summed E-state index contributed by atoms with van der Waals surface area (Å²) in [5.41, 5.74) is 3.23. The van der Waals surface area contributed by atoms with E-state index in [9.17, 15) is 9.59 Å². The van der Waals surface area contributed by atoms with E-state index in [4.69, 9.17) is 27.9 Å². The number of aryl methyl sites for hydroxylation is 1. The number of anilines is 1. The van der Waals surface area contributed by atoms with Crippen molar-refractivity contribution in [3.8, 4) is 0 Å². The van der Waals surface area contributed by atoms with Crippen LogP contribution in [0.4, 0.5) is 5.69 Å². The highest BCUT2D eigenvalue weighted by Crippen LogP contribution is 2.31. The summed E-state index contributed by atoms with van der Waals surface area (Å²) in [6, 6.07) is 11.5. The lowest BCUT2D eigenvalue weighted by molar-refractivity contribution is -0.113. The zero-order chi connectivity index (χ0) is 20.1. The van der Waals surface area contributed by atoms with Gasteiger partial charge in [-0.25, -0.2) is 4.79 Å². The van der Waals surface area contributed by atoms with Gasteiger partial charge in [0, 0.05) is 5.02 Å². The van der Waals surface area contributed by atoms with Crippen LogP contribution >= 0.6 is 35.0 Å². The molecule has 4 nitrogen and oxygen atoms in total. The number of ether oxygens (including phenoxy) is 1. The number of carbonyl (C=O) groups excluding carboxylic acids is 2. The van der Waals surface area contributed by atoms with E-state index in [1.807, 2.05) is 0 Å². The summed E-state index contributed by atoms with van der Waals surface area (Å²) >= 11 is 13.7. The van der Waals surface area contributed by atoms with E-state index >= 15 is 0 Å². The summed E-state index contributed by atoms with van der Waals surface area (Å²) in [5, 5.41) is 3.21. The summed E-state index contributed by atoms with van der Waals surface area (Å²) in [6.45, 7) is 0. The molecule has 0 heterocycles. The topological polar surface area (TPSA) is 55.4 Å². The summed E-state index contributed by atoms with van der Waals surface area (Å²) in [4.78, 5) is 24.3. The molecule has 0 bridgehead atoms. The molecule has 3 rings (SSSR count). The Kier molecular flexibility index (Phi) is 7.27. The fourth-order valence-corrected chi connectivity index (χ4v) is 4.97. The second-order valence-corrected chi connectivity index (χ2v) is 8.62. The van der Waals surface area contributed by atoms with E-state index in [-0.39, 0.29) is 22.2 Å². The minimum Gasteiger partial charge on any atom is -0.465 e. The van der Waals surface area contributed by atoms with Crippen LogP contribution in [0.25, 0.3) is 0 Å². The number of rotatable bonds is 6. The molecule has 0 spiro atoms. The van der Waals surface area contributed by atoms with Gasteiger partial charge in [0.1, 0.15) is 5.56 Å². The normalized spacial score (nSPS) is 15.6. The number of carbonyl (C=O) groups is 2. The first kappa shape index (κ1) is 21.0. The molecule has 0 aromatic heterocycles. The molecular formula is C21H21Cl2NO3S. The molecule has 2 aromatic rings. The Morgan fingerprint density at radius 2 is 1.96 bits per heavy atom. The third-order valence-electron chi connectivity index (χ3n) is 4.75. The molecule has 1 unspecified atom stereocenters. The molecule has 1 amide bonds. The molecular weight excluding hydrogens is 417 g/mol. The molecule has 1 atom stereocenters.